The molecule has 0 aliphatic heterocycles. The van der Waals surface area contributed by atoms with Gasteiger partial charge >= 0.3 is 0 Å². The lowest BCUT2D eigenvalue weighted by molar-refractivity contribution is -0.117. The van der Waals surface area contributed by atoms with Gasteiger partial charge in [0.25, 0.3) is 5.95 Å². The maximum absolute atomic E-state index is 12.1. The van der Waals surface area contributed by atoms with Crippen LogP contribution in [-0.4, -0.2) is 26.5 Å². The highest BCUT2D eigenvalue weighted by Gasteiger charge is 2.44. The predicted molar refractivity (Wildman–Crippen MR) is 77.6 cm³/mol. The molecule has 1 saturated carbocycles. The van der Waals surface area contributed by atoms with Crippen molar-refractivity contribution in [3.63, 3.8) is 0 Å². The Hall–Kier alpha value is -2.76. The van der Waals surface area contributed by atoms with Crippen LogP contribution in [0.25, 0.3) is 10.8 Å². The van der Waals surface area contributed by atoms with E-state index in [1.165, 1.54) is 16.3 Å². The number of tetrazole rings is 1. The summed E-state index contributed by atoms with van der Waals surface area (Å²) >= 11 is 0. The minimum atomic E-state index is -0.0467. The Morgan fingerprint density at radius 1 is 1.19 bits per heavy atom. The molecule has 1 amide bonds. The van der Waals surface area contributed by atoms with Crippen LogP contribution in [0.1, 0.15) is 17.9 Å². The van der Waals surface area contributed by atoms with Crippen molar-refractivity contribution in [1.29, 1.82) is 0 Å². The van der Waals surface area contributed by atoms with Gasteiger partial charge in [0, 0.05) is 5.92 Å². The molecule has 2 atom stereocenters. The summed E-state index contributed by atoms with van der Waals surface area (Å²) in [6.45, 7) is 0. The van der Waals surface area contributed by atoms with Crippen molar-refractivity contribution in [2.24, 2.45) is 5.92 Å². The number of H-pyrrole nitrogens is 1. The predicted octanol–water partition coefficient (Wildman–Crippen LogP) is 2.10. The minimum Gasteiger partial charge on any atom is -0.292 e. The second-order valence-corrected chi connectivity index (χ2v) is 5.28. The van der Waals surface area contributed by atoms with E-state index in [-0.39, 0.29) is 23.7 Å². The Bertz CT molecular complexity index is 799. The van der Waals surface area contributed by atoms with Gasteiger partial charge in [0.15, 0.2) is 0 Å². The molecule has 0 bridgehead atoms. The van der Waals surface area contributed by atoms with Gasteiger partial charge in [0.2, 0.25) is 5.91 Å². The van der Waals surface area contributed by atoms with Crippen LogP contribution in [0.5, 0.6) is 0 Å². The van der Waals surface area contributed by atoms with E-state index >= 15 is 0 Å². The first-order valence-electron chi connectivity index (χ1n) is 6.84. The largest absolute Gasteiger partial charge is 0.292 e. The molecular weight excluding hydrogens is 266 g/mol. The Labute approximate surface area is 120 Å². The van der Waals surface area contributed by atoms with Crippen LogP contribution in [0.2, 0.25) is 0 Å². The van der Waals surface area contributed by atoms with Gasteiger partial charge in [-0.3, -0.25) is 10.1 Å². The molecule has 2 N–H and O–H groups in total. The van der Waals surface area contributed by atoms with Gasteiger partial charge < -0.3 is 0 Å². The molecule has 6 heteroatoms. The molecule has 4 rings (SSSR count). The number of carbonyl (C=O) groups is 1. The smallest absolute Gasteiger partial charge is 0.269 e. The summed E-state index contributed by atoms with van der Waals surface area (Å²) in [6, 6.07) is 14.6. The van der Waals surface area contributed by atoms with Crippen molar-refractivity contribution >= 4 is 22.6 Å². The first kappa shape index (κ1) is 12.0. The van der Waals surface area contributed by atoms with Gasteiger partial charge in [-0.05, 0) is 33.9 Å². The summed E-state index contributed by atoms with van der Waals surface area (Å²) in [4.78, 5) is 12.1. The van der Waals surface area contributed by atoms with Crippen molar-refractivity contribution in [1.82, 2.24) is 20.6 Å². The lowest BCUT2D eigenvalue weighted by Crippen LogP contribution is -2.15. The number of anilines is 1. The van der Waals surface area contributed by atoms with Crippen LogP contribution in [0.3, 0.4) is 0 Å². The fraction of sp³-hybridized carbons (Fsp3) is 0.200. The molecule has 6 nitrogen and oxygen atoms in total. The topological polar surface area (TPSA) is 83.6 Å². The van der Waals surface area contributed by atoms with E-state index in [4.69, 9.17) is 0 Å². The molecule has 0 unspecified atom stereocenters. The lowest BCUT2D eigenvalue weighted by Gasteiger charge is -2.03. The van der Waals surface area contributed by atoms with Crippen molar-refractivity contribution in [3.8, 4) is 0 Å². The number of aromatic nitrogens is 4. The molecule has 1 heterocycles. The summed E-state index contributed by atoms with van der Waals surface area (Å²) in [5.74, 6) is 0.449. The minimum absolute atomic E-state index is 0.00957. The second kappa shape index (κ2) is 4.66. The monoisotopic (exact) mass is 279 g/mol. The summed E-state index contributed by atoms with van der Waals surface area (Å²) in [5.41, 5.74) is 1.21. The number of nitrogens with one attached hydrogen (secondary N) is 2. The van der Waals surface area contributed by atoms with Crippen LogP contribution in [-0.2, 0) is 4.79 Å². The molecule has 104 valence electrons. The molecular formula is C15H13N5O. The first-order valence-corrected chi connectivity index (χ1v) is 6.84. The number of nitrogens with zero attached hydrogens (tertiary/aromatic N) is 3. The molecule has 0 saturated heterocycles. The molecule has 0 radical (unpaired) electrons. The summed E-state index contributed by atoms with van der Waals surface area (Å²) in [6.07, 6.45) is 0.863. The highest BCUT2D eigenvalue weighted by Crippen LogP contribution is 2.48. The van der Waals surface area contributed by atoms with E-state index in [1.54, 1.807) is 0 Å². The van der Waals surface area contributed by atoms with Gasteiger partial charge in [0.05, 0.1) is 0 Å². The van der Waals surface area contributed by atoms with Crippen LogP contribution in [0.4, 0.5) is 5.95 Å². The van der Waals surface area contributed by atoms with Crippen molar-refractivity contribution < 1.29 is 4.79 Å². The molecule has 1 aliphatic carbocycles. The number of benzene rings is 2. The fourth-order valence-corrected chi connectivity index (χ4v) is 2.71. The van der Waals surface area contributed by atoms with E-state index in [0.29, 0.717) is 0 Å². The lowest BCUT2D eigenvalue weighted by atomic mass is 10.0. The zero-order valence-corrected chi connectivity index (χ0v) is 11.2. The second-order valence-electron chi connectivity index (χ2n) is 5.28. The van der Waals surface area contributed by atoms with E-state index in [1.807, 2.05) is 12.1 Å². The van der Waals surface area contributed by atoms with E-state index < -0.39 is 0 Å². The standard InChI is InChI=1S/C15H13N5O/c21-14(16-15-17-19-20-18-15)13-8-12(13)11-6-5-9-3-1-2-4-10(9)7-11/h1-7,12-13H,8H2,(H2,16,17,18,19,20,21)/t12-,13-/m1/s1. The molecule has 2 aromatic carbocycles. The number of hydrogen-bond donors (Lipinski definition) is 2. The average molecular weight is 279 g/mol. The Balaban J connectivity index is 1.51. The number of hydrogen-bond acceptors (Lipinski definition) is 4. The highest BCUT2D eigenvalue weighted by molar-refractivity contribution is 5.94. The summed E-state index contributed by atoms with van der Waals surface area (Å²) < 4.78 is 0. The Kier molecular flexibility index (Phi) is 2.67. The van der Waals surface area contributed by atoms with E-state index in [0.717, 1.165) is 6.42 Å². The zero-order chi connectivity index (χ0) is 14.2. The molecule has 0 spiro atoms. The molecule has 3 aromatic rings. The maximum Gasteiger partial charge on any atom is 0.269 e. The van der Waals surface area contributed by atoms with Gasteiger partial charge in [-0.25, -0.2) is 0 Å². The molecule has 1 fully saturated rings. The number of amides is 1. The third kappa shape index (κ3) is 2.24. The number of rotatable bonds is 3. The summed E-state index contributed by atoms with van der Waals surface area (Å²) in [7, 11) is 0. The van der Waals surface area contributed by atoms with Gasteiger partial charge in [-0.15, -0.1) is 5.10 Å². The van der Waals surface area contributed by atoms with Gasteiger partial charge in [-0.2, -0.15) is 5.21 Å². The quantitative estimate of drug-likeness (QED) is 0.769. The average Bonchev–Trinajstić information content (AvgIpc) is 3.17. The molecule has 1 aromatic heterocycles. The first-order chi connectivity index (χ1) is 10.3. The summed E-state index contributed by atoms with van der Waals surface area (Å²) in [5, 5.41) is 18.3. The molecule has 21 heavy (non-hydrogen) atoms. The van der Waals surface area contributed by atoms with Crippen molar-refractivity contribution in [2.45, 2.75) is 12.3 Å². The van der Waals surface area contributed by atoms with Crippen LogP contribution in [0, 0.1) is 5.92 Å². The van der Waals surface area contributed by atoms with Gasteiger partial charge in [0.1, 0.15) is 0 Å². The van der Waals surface area contributed by atoms with Crippen LogP contribution >= 0.6 is 0 Å². The zero-order valence-electron chi connectivity index (χ0n) is 11.2. The third-order valence-corrected chi connectivity index (χ3v) is 3.91. The van der Waals surface area contributed by atoms with Crippen LogP contribution < -0.4 is 5.32 Å². The van der Waals surface area contributed by atoms with E-state index in [9.17, 15) is 4.79 Å². The van der Waals surface area contributed by atoms with E-state index in [2.05, 4.69) is 56.3 Å². The fourth-order valence-electron chi connectivity index (χ4n) is 2.71. The van der Waals surface area contributed by atoms with Crippen molar-refractivity contribution in [2.75, 3.05) is 5.32 Å². The SMILES string of the molecule is O=C(Nc1nn[nH]n1)[C@@H]1C[C@@H]1c1ccc2ccccc2c1. The molecule has 1 aliphatic rings. The van der Waals surface area contributed by atoms with Crippen LogP contribution in [0.15, 0.2) is 42.5 Å². The maximum atomic E-state index is 12.1. The Morgan fingerprint density at radius 2 is 2.05 bits per heavy atom. The number of aromatic amines is 1. The van der Waals surface area contributed by atoms with Crippen molar-refractivity contribution in [3.05, 3.63) is 48.0 Å². The number of carbonyl (C=O) groups excluding carboxylic acids is 1. The normalized spacial score (nSPS) is 20.4. The Morgan fingerprint density at radius 3 is 2.86 bits per heavy atom. The third-order valence-electron chi connectivity index (χ3n) is 3.91. The highest BCUT2D eigenvalue weighted by atomic mass is 16.2. The number of fused-ring (bicyclic) bond motifs is 1. The van der Waals surface area contributed by atoms with Gasteiger partial charge in [-0.1, -0.05) is 47.6 Å².